The van der Waals surface area contributed by atoms with Crippen LogP contribution in [0.3, 0.4) is 0 Å². The maximum absolute atomic E-state index is 9.59. The fourth-order valence-corrected chi connectivity index (χ4v) is 1.00. The molecule has 0 saturated heterocycles. The topological polar surface area (TPSA) is 114 Å². The molecule has 0 radical (unpaired) electrons. The summed E-state index contributed by atoms with van der Waals surface area (Å²) < 4.78 is 57.5. The largest absolute Gasteiger partial charge is 2.00 e. The second-order valence-electron chi connectivity index (χ2n) is 1.92. The Balaban J connectivity index is -0.000000180. The van der Waals surface area contributed by atoms with Gasteiger partial charge >= 0.3 is 37.7 Å². The van der Waals surface area contributed by atoms with Gasteiger partial charge in [0, 0.05) is 10.8 Å². The monoisotopic (exact) mass is 282 g/mol. The molecule has 0 aliphatic rings. The average Bonchev–Trinajstić information content (AvgIpc) is 1.81. The first-order valence-electron chi connectivity index (χ1n) is 3.29. The molecule has 0 saturated carbocycles. The molecule has 6 nitrogen and oxygen atoms in total. The van der Waals surface area contributed by atoms with E-state index in [2.05, 4.69) is 0 Å². The van der Waals surface area contributed by atoms with Crippen LogP contribution in [-0.2, 0) is 20.2 Å². The Bertz CT molecular complexity index is 351. The molecular weight excluding hydrogens is 272 g/mol. The van der Waals surface area contributed by atoms with Gasteiger partial charge in [-0.1, -0.05) is 12.2 Å². The van der Waals surface area contributed by atoms with Gasteiger partial charge in [-0.3, -0.25) is 0 Å². The molecule has 9 heteroatoms. The zero-order valence-corrected chi connectivity index (χ0v) is 12.1. The molecule has 0 fully saturated rings. The predicted molar refractivity (Wildman–Crippen MR) is 54.8 cm³/mol. The summed E-state index contributed by atoms with van der Waals surface area (Å²) in [6.07, 6.45) is 2.37. The molecule has 0 bridgehead atoms. The number of rotatable bonds is 2. The van der Waals surface area contributed by atoms with Gasteiger partial charge in [-0.05, 0) is 13.8 Å². The molecule has 0 unspecified atom stereocenters. The molecule has 0 aliphatic heterocycles. The summed E-state index contributed by atoms with van der Waals surface area (Å²) >= 11 is 0. The third-order valence-electron chi connectivity index (χ3n) is 0.605. The normalized spacial score (nSPS) is 12.0. The third kappa shape index (κ3) is 31.3. The SMILES string of the molecule is C/C=C/S(=O)(=O)[O-].C/C=C/S(=O)(=O)[O-].[Ca+2]. The molecule has 0 rings (SSSR count). The number of allylic oxidation sites excluding steroid dienone is 2. The van der Waals surface area contributed by atoms with E-state index in [9.17, 15) is 25.9 Å². The van der Waals surface area contributed by atoms with Crippen LogP contribution in [0.1, 0.15) is 13.8 Å². The van der Waals surface area contributed by atoms with Crippen LogP contribution in [-0.4, -0.2) is 63.7 Å². The zero-order valence-electron chi connectivity index (χ0n) is 8.28. The van der Waals surface area contributed by atoms with Crippen LogP contribution in [0.2, 0.25) is 0 Å². The van der Waals surface area contributed by atoms with Gasteiger partial charge in [0.05, 0.1) is 0 Å². The van der Waals surface area contributed by atoms with Crippen molar-refractivity contribution in [2.75, 3.05) is 0 Å². The van der Waals surface area contributed by atoms with Gasteiger partial charge in [0.1, 0.15) is 20.2 Å². The fraction of sp³-hybridized carbons (Fsp3) is 0.333. The van der Waals surface area contributed by atoms with E-state index in [0.29, 0.717) is 10.8 Å². The molecule has 0 aliphatic carbocycles. The maximum atomic E-state index is 9.59. The van der Waals surface area contributed by atoms with Gasteiger partial charge in [-0.15, -0.1) is 0 Å². The van der Waals surface area contributed by atoms with Crippen molar-refractivity contribution >= 4 is 58.0 Å². The van der Waals surface area contributed by atoms with Crippen LogP contribution < -0.4 is 0 Å². The van der Waals surface area contributed by atoms with Crippen LogP contribution in [0.5, 0.6) is 0 Å². The molecule has 15 heavy (non-hydrogen) atoms. The van der Waals surface area contributed by atoms with Crippen molar-refractivity contribution in [1.82, 2.24) is 0 Å². The molecule has 0 heterocycles. The first-order valence-corrected chi connectivity index (χ1v) is 6.24. The smallest absolute Gasteiger partial charge is 0.744 e. The van der Waals surface area contributed by atoms with E-state index in [1.54, 1.807) is 0 Å². The molecule has 0 atom stereocenters. The van der Waals surface area contributed by atoms with E-state index in [1.165, 1.54) is 26.0 Å². The van der Waals surface area contributed by atoms with E-state index in [4.69, 9.17) is 0 Å². The van der Waals surface area contributed by atoms with E-state index < -0.39 is 20.2 Å². The van der Waals surface area contributed by atoms with Crippen LogP contribution in [0.4, 0.5) is 0 Å². The van der Waals surface area contributed by atoms with Gasteiger partial charge in [-0.2, -0.15) is 0 Å². The second kappa shape index (κ2) is 9.76. The molecule has 0 spiro atoms. The fourth-order valence-electron chi connectivity index (χ4n) is 0.333. The molecule has 0 amide bonds. The van der Waals surface area contributed by atoms with Crippen molar-refractivity contribution in [3.05, 3.63) is 23.0 Å². The Hall–Kier alpha value is 0.560. The summed E-state index contributed by atoms with van der Waals surface area (Å²) in [5, 5.41) is 1.21. The molecule has 0 aromatic rings. The number of hydrogen-bond donors (Lipinski definition) is 0. The third-order valence-corrected chi connectivity index (χ3v) is 1.82. The first-order chi connectivity index (χ1) is 6.12. The molecule has 84 valence electrons. The zero-order chi connectivity index (χ0) is 11.8. The van der Waals surface area contributed by atoms with Crippen LogP contribution >= 0.6 is 0 Å². The summed E-state index contributed by atoms with van der Waals surface area (Å²) in [6.45, 7) is 2.94. The van der Waals surface area contributed by atoms with Crippen molar-refractivity contribution in [3.8, 4) is 0 Å². The minimum Gasteiger partial charge on any atom is -0.744 e. The Kier molecular flexibility index (Phi) is 13.6. The first kappa shape index (κ1) is 20.9. The second-order valence-corrected chi connectivity index (χ2v) is 4.44. The van der Waals surface area contributed by atoms with Crippen LogP contribution in [0.15, 0.2) is 23.0 Å². The maximum Gasteiger partial charge on any atom is 2.00 e. The Morgan fingerprint density at radius 3 is 1.00 bits per heavy atom. The van der Waals surface area contributed by atoms with Crippen molar-refractivity contribution in [2.45, 2.75) is 13.8 Å². The van der Waals surface area contributed by atoms with Gasteiger partial charge in [-0.25, -0.2) is 16.8 Å². The standard InChI is InChI=1S/2C3H6O3S.Ca/c2*1-2-3-7(4,5)6;/h2*2-3H,1H3,(H,4,5,6);/q;;+2/p-2/b2*3-2+;. The summed E-state index contributed by atoms with van der Waals surface area (Å²) in [6, 6.07) is 0. The van der Waals surface area contributed by atoms with Gasteiger partial charge in [0.2, 0.25) is 0 Å². The van der Waals surface area contributed by atoms with Gasteiger partial charge < -0.3 is 9.11 Å². The number of hydrogen-bond acceptors (Lipinski definition) is 6. The summed E-state index contributed by atoms with van der Waals surface area (Å²) in [5.41, 5.74) is 0. The Morgan fingerprint density at radius 2 is 1.00 bits per heavy atom. The Labute approximate surface area is 120 Å². The predicted octanol–water partition coefficient (Wildman–Crippen LogP) is -0.250. The van der Waals surface area contributed by atoms with Crippen molar-refractivity contribution < 1.29 is 25.9 Å². The Morgan fingerprint density at radius 1 is 0.800 bits per heavy atom. The van der Waals surface area contributed by atoms with Crippen molar-refractivity contribution in [3.63, 3.8) is 0 Å². The summed E-state index contributed by atoms with van der Waals surface area (Å²) in [7, 11) is -8.21. The quantitative estimate of drug-likeness (QED) is 0.509. The van der Waals surface area contributed by atoms with Gasteiger partial charge in [0.25, 0.3) is 0 Å². The summed E-state index contributed by atoms with van der Waals surface area (Å²) in [4.78, 5) is 0. The van der Waals surface area contributed by atoms with E-state index >= 15 is 0 Å². The minimum atomic E-state index is -4.10. The van der Waals surface area contributed by atoms with E-state index in [0.717, 1.165) is 0 Å². The van der Waals surface area contributed by atoms with E-state index in [-0.39, 0.29) is 37.7 Å². The van der Waals surface area contributed by atoms with Crippen LogP contribution in [0.25, 0.3) is 0 Å². The van der Waals surface area contributed by atoms with Crippen LogP contribution in [0, 0.1) is 0 Å². The van der Waals surface area contributed by atoms with Crippen molar-refractivity contribution in [2.24, 2.45) is 0 Å². The van der Waals surface area contributed by atoms with Crippen molar-refractivity contribution in [1.29, 1.82) is 0 Å². The molecule has 0 N–H and O–H groups in total. The molecule has 0 aromatic heterocycles. The summed E-state index contributed by atoms with van der Waals surface area (Å²) in [5.74, 6) is 0. The van der Waals surface area contributed by atoms with Gasteiger partial charge in [0.15, 0.2) is 0 Å². The molecule has 0 aromatic carbocycles. The minimum absolute atomic E-state index is 0. The average molecular weight is 282 g/mol. The van der Waals surface area contributed by atoms with E-state index in [1.807, 2.05) is 0 Å². The molecular formula is C6H10CaO6S2.